The number of ketones is 1. The predicted molar refractivity (Wildman–Crippen MR) is 131 cm³/mol. The van der Waals surface area contributed by atoms with E-state index in [1.165, 1.54) is 34.4 Å². The number of hydrogen-bond donors (Lipinski definition) is 1. The van der Waals surface area contributed by atoms with E-state index in [-0.39, 0.29) is 22.0 Å². The zero-order valence-corrected chi connectivity index (χ0v) is 19.4. The fraction of sp³-hybridized carbons (Fsp3) is 0.148. The third kappa shape index (κ3) is 3.58. The van der Waals surface area contributed by atoms with Crippen LogP contribution in [0, 0.1) is 12.7 Å². The number of fused-ring (bicyclic) bond motifs is 1. The molecule has 1 fully saturated rings. The summed E-state index contributed by atoms with van der Waals surface area (Å²) in [5.41, 5.74) is 3.11. The fourth-order valence-corrected chi connectivity index (χ4v) is 5.22. The number of nitrogens with zero attached hydrogens (tertiary/aromatic N) is 2. The highest BCUT2D eigenvalue weighted by molar-refractivity contribution is 7.22. The van der Waals surface area contributed by atoms with Crippen molar-refractivity contribution in [3.05, 3.63) is 100 Å². The van der Waals surface area contributed by atoms with Crippen LogP contribution in [0.4, 0.5) is 9.52 Å². The third-order valence-electron chi connectivity index (χ3n) is 6.03. The van der Waals surface area contributed by atoms with Crippen molar-refractivity contribution in [2.24, 2.45) is 0 Å². The van der Waals surface area contributed by atoms with Crippen LogP contribution in [0.2, 0.25) is 0 Å². The van der Waals surface area contributed by atoms with Gasteiger partial charge < -0.3 is 5.11 Å². The molecule has 1 aliphatic heterocycles. The molecule has 7 heteroatoms. The molecule has 0 bridgehead atoms. The van der Waals surface area contributed by atoms with Crippen LogP contribution in [0.3, 0.4) is 0 Å². The van der Waals surface area contributed by atoms with Crippen molar-refractivity contribution in [2.45, 2.75) is 26.3 Å². The zero-order valence-electron chi connectivity index (χ0n) is 18.6. The molecule has 0 unspecified atom stereocenters. The molecule has 1 amide bonds. The summed E-state index contributed by atoms with van der Waals surface area (Å²) in [4.78, 5) is 32.3. The number of Topliss-reactive ketones (excluding diaryl/α,β-unsaturated/α-hetero) is 1. The van der Waals surface area contributed by atoms with Crippen LogP contribution in [0.1, 0.15) is 35.2 Å². The highest BCUT2D eigenvalue weighted by atomic mass is 32.1. The van der Waals surface area contributed by atoms with E-state index in [1.807, 2.05) is 32.0 Å². The number of anilines is 1. The van der Waals surface area contributed by atoms with Crippen LogP contribution >= 0.6 is 11.3 Å². The molecule has 0 saturated carbocycles. The zero-order chi connectivity index (χ0) is 24.0. The van der Waals surface area contributed by atoms with E-state index in [1.54, 1.807) is 30.3 Å². The van der Waals surface area contributed by atoms with Gasteiger partial charge in [0, 0.05) is 11.1 Å². The molecule has 1 saturated heterocycles. The lowest BCUT2D eigenvalue weighted by molar-refractivity contribution is -0.132. The van der Waals surface area contributed by atoms with Crippen LogP contribution in [0.15, 0.2) is 72.3 Å². The Balaban J connectivity index is 1.73. The third-order valence-corrected chi connectivity index (χ3v) is 7.04. The van der Waals surface area contributed by atoms with Crippen LogP contribution < -0.4 is 4.90 Å². The molecule has 5 nitrogen and oxygen atoms in total. The lowest BCUT2D eigenvalue weighted by atomic mass is 9.95. The average molecular weight is 473 g/mol. The molecule has 4 aromatic rings. The Kier molecular flexibility index (Phi) is 5.49. The van der Waals surface area contributed by atoms with E-state index in [0.717, 1.165) is 22.2 Å². The molecular formula is C27H21FN2O3S. The lowest BCUT2D eigenvalue weighted by Gasteiger charge is -2.23. The van der Waals surface area contributed by atoms with Gasteiger partial charge in [-0.3, -0.25) is 14.5 Å². The second kappa shape index (κ2) is 8.50. The lowest BCUT2D eigenvalue weighted by Crippen LogP contribution is -2.29. The van der Waals surface area contributed by atoms with E-state index >= 15 is 4.39 Å². The molecule has 5 rings (SSSR count). The molecule has 170 valence electrons. The van der Waals surface area contributed by atoms with Crippen molar-refractivity contribution in [1.82, 2.24) is 4.98 Å². The molecule has 0 radical (unpaired) electrons. The van der Waals surface area contributed by atoms with E-state index in [4.69, 9.17) is 0 Å². The van der Waals surface area contributed by atoms with Gasteiger partial charge in [0.15, 0.2) is 5.13 Å². The molecule has 1 N–H and O–H groups in total. The first kappa shape index (κ1) is 22.0. The SMILES string of the molecule is CCc1ccc2nc(N3C(=O)C(=O)/C(=C(/O)c4ccc(C)cc4)[C@@H]3c3ccccc3F)sc2c1. The molecule has 0 aliphatic carbocycles. The quantitative estimate of drug-likeness (QED) is 0.227. The molecule has 34 heavy (non-hydrogen) atoms. The number of aromatic nitrogens is 1. The van der Waals surface area contributed by atoms with Gasteiger partial charge in [0.05, 0.1) is 15.8 Å². The number of aliphatic hydroxyl groups is 1. The number of halogens is 1. The van der Waals surface area contributed by atoms with Crippen molar-refractivity contribution >= 4 is 44.1 Å². The van der Waals surface area contributed by atoms with Crippen LogP contribution in [0.25, 0.3) is 16.0 Å². The number of aryl methyl sites for hydroxylation is 2. The normalized spacial score (nSPS) is 17.6. The summed E-state index contributed by atoms with van der Waals surface area (Å²) < 4.78 is 15.9. The number of benzene rings is 3. The molecule has 1 aromatic heterocycles. The number of aliphatic hydroxyl groups excluding tert-OH is 1. The monoisotopic (exact) mass is 472 g/mol. The van der Waals surface area contributed by atoms with Crippen LogP contribution in [0.5, 0.6) is 0 Å². The first-order chi connectivity index (χ1) is 16.4. The van der Waals surface area contributed by atoms with Crippen molar-refractivity contribution in [1.29, 1.82) is 0 Å². The van der Waals surface area contributed by atoms with Crippen molar-refractivity contribution in [3.8, 4) is 0 Å². The standard InChI is InChI=1S/C27H21FN2O3S/c1-3-16-10-13-20-21(14-16)34-27(29-20)30-23(18-6-4-5-7-19(18)28)22(25(32)26(30)33)24(31)17-11-8-15(2)9-12-17/h4-14,23,31H,3H2,1-2H3/b24-22+/t23-/m0/s1. The maximum absolute atomic E-state index is 15.0. The van der Waals surface area contributed by atoms with E-state index < -0.39 is 23.5 Å². The number of carbonyl (C=O) groups excluding carboxylic acids is 2. The molecule has 3 aromatic carbocycles. The van der Waals surface area contributed by atoms with Gasteiger partial charge >= 0.3 is 5.91 Å². The Morgan fingerprint density at radius 3 is 2.53 bits per heavy atom. The van der Waals surface area contributed by atoms with Gasteiger partial charge in [-0.2, -0.15) is 0 Å². The van der Waals surface area contributed by atoms with Gasteiger partial charge in [0.1, 0.15) is 17.6 Å². The smallest absolute Gasteiger partial charge is 0.301 e. The van der Waals surface area contributed by atoms with E-state index in [9.17, 15) is 14.7 Å². The number of thiazole rings is 1. The maximum Gasteiger partial charge on any atom is 0.301 e. The number of hydrogen-bond acceptors (Lipinski definition) is 5. The van der Waals surface area contributed by atoms with Gasteiger partial charge in [-0.1, -0.05) is 72.4 Å². The summed E-state index contributed by atoms with van der Waals surface area (Å²) in [6.07, 6.45) is 0.847. The Morgan fingerprint density at radius 1 is 1.09 bits per heavy atom. The largest absolute Gasteiger partial charge is 0.507 e. The summed E-state index contributed by atoms with van der Waals surface area (Å²) in [7, 11) is 0. The minimum atomic E-state index is -1.14. The topological polar surface area (TPSA) is 70.5 Å². The van der Waals surface area contributed by atoms with Crippen LogP contribution in [-0.2, 0) is 16.0 Å². The van der Waals surface area contributed by atoms with Gasteiger partial charge in [-0.15, -0.1) is 0 Å². The Bertz CT molecular complexity index is 1470. The average Bonchev–Trinajstić information content (AvgIpc) is 3.37. The highest BCUT2D eigenvalue weighted by Crippen LogP contribution is 2.45. The minimum Gasteiger partial charge on any atom is -0.507 e. The van der Waals surface area contributed by atoms with Gasteiger partial charge in [-0.05, 0) is 37.1 Å². The molecular weight excluding hydrogens is 451 g/mol. The molecule has 0 spiro atoms. The van der Waals surface area contributed by atoms with Crippen molar-refractivity contribution in [2.75, 3.05) is 4.90 Å². The fourth-order valence-electron chi connectivity index (χ4n) is 4.17. The summed E-state index contributed by atoms with van der Waals surface area (Å²) >= 11 is 1.26. The first-order valence-electron chi connectivity index (χ1n) is 10.9. The summed E-state index contributed by atoms with van der Waals surface area (Å²) in [6.45, 7) is 3.95. The minimum absolute atomic E-state index is 0.115. The molecule has 1 aliphatic rings. The van der Waals surface area contributed by atoms with Gasteiger partial charge in [-0.25, -0.2) is 9.37 Å². The van der Waals surface area contributed by atoms with E-state index in [0.29, 0.717) is 11.1 Å². The molecule has 1 atom stereocenters. The maximum atomic E-state index is 15.0. The Morgan fingerprint density at radius 2 is 1.82 bits per heavy atom. The van der Waals surface area contributed by atoms with Crippen molar-refractivity contribution in [3.63, 3.8) is 0 Å². The van der Waals surface area contributed by atoms with E-state index in [2.05, 4.69) is 4.98 Å². The predicted octanol–water partition coefficient (Wildman–Crippen LogP) is 5.93. The second-order valence-electron chi connectivity index (χ2n) is 8.21. The van der Waals surface area contributed by atoms with Crippen molar-refractivity contribution < 1.29 is 19.1 Å². The Hall–Kier alpha value is -3.84. The van der Waals surface area contributed by atoms with Gasteiger partial charge in [0.2, 0.25) is 0 Å². The molecule has 2 heterocycles. The summed E-state index contributed by atoms with van der Waals surface area (Å²) in [6, 6.07) is 17.6. The van der Waals surface area contributed by atoms with Crippen LogP contribution in [-0.4, -0.2) is 21.8 Å². The number of rotatable bonds is 4. The summed E-state index contributed by atoms with van der Waals surface area (Å²) in [5.74, 6) is -2.65. The number of amides is 1. The Labute approximate surface area is 199 Å². The number of carbonyl (C=O) groups is 2. The first-order valence-corrected chi connectivity index (χ1v) is 11.7. The highest BCUT2D eigenvalue weighted by Gasteiger charge is 2.49. The summed E-state index contributed by atoms with van der Waals surface area (Å²) in [5, 5.41) is 11.4. The van der Waals surface area contributed by atoms with Gasteiger partial charge in [0.25, 0.3) is 5.78 Å². The second-order valence-corrected chi connectivity index (χ2v) is 9.22.